The second-order valence-corrected chi connectivity index (χ2v) is 6.34. The Kier molecular flexibility index (Phi) is 5.60. The van der Waals surface area contributed by atoms with Gasteiger partial charge in [0.1, 0.15) is 0 Å². The van der Waals surface area contributed by atoms with Gasteiger partial charge in [0.2, 0.25) is 0 Å². The van der Waals surface area contributed by atoms with Gasteiger partial charge in [0, 0.05) is 39.8 Å². The molecule has 0 N–H and O–H groups in total. The van der Waals surface area contributed by atoms with E-state index in [2.05, 4.69) is 34.2 Å². The standard InChI is InChI=1S/C19H25N5O/c1-3-23-11-13-24(14-12-23)19(25)17-9-10-18(21-20-17)22(2)15-16-7-5-4-6-8-16/h4-10H,3,11-15H2,1-2H3. The van der Waals surface area contributed by atoms with Gasteiger partial charge in [-0.15, -0.1) is 10.2 Å². The van der Waals surface area contributed by atoms with Crippen LogP contribution in [0.1, 0.15) is 23.0 Å². The van der Waals surface area contributed by atoms with E-state index in [0.29, 0.717) is 5.69 Å². The SMILES string of the molecule is CCN1CCN(C(=O)c2ccc(N(C)Cc3ccccc3)nn2)CC1. The van der Waals surface area contributed by atoms with Gasteiger partial charge in [-0.2, -0.15) is 0 Å². The maximum Gasteiger partial charge on any atom is 0.274 e. The molecule has 2 aromatic rings. The zero-order valence-electron chi connectivity index (χ0n) is 14.9. The van der Waals surface area contributed by atoms with Crippen molar-refractivity contribution in [3.8, 4) is 0 Å². The van der Waals surface area contributed by atoms with E-state index >= 15 is 0 Å². The Morgan fingerprint density at radius 1 is 1.04 bits per heavy atom. The first-order valence-corrected chi connectivity index (χ1v) is 8.78. The number of carbonyl (C=O) groups excluding carboxylic acids is 1. The monoisotopic (exact) mass is 339 g/mol. The summed E-state index contributed by atoms with van der Waals surface area (Å²) in [5, 5.41) is 8.40. The van der Waals surface area contributed by atoms with Crippen LogP contribution in [0.3, 0.4) is 0 Å². The fourth-order valence-corrected chi connectivity index (χ4v) is 3.01. The van der Waals surface area contributed by atoms with Crippen molar-refractivity contribution in [1.29, 1.82) is 0 Å². The molecule has 25 heavy (non-hydrogen) atoms. The Hall–Kier alpha value is -2.47. The Balaban J connectivity index is 1.61. The van der Waals surface area contributed by atoms with E-state index in [1.54, 1.807) is 6.07 Å². The first-order chi connectivity index (χ1) is 12.2. The highest BCUT2D eigenvalue weighted by Crippen LogP contribution is 2.13. The Morgan fingerprint density at radius 3 is 2.36 bits per heavy atom. The van der Waals surface area contributed by atoms with Crippen molar-refractivity contribution in [2.24, 2.45) is 0 Å². The van der Waals surface area contributed by atoms with Crippen LogP contribution in [-0.2, 0) is 6.54 Å². The third kappa shape index (κ3) is 4.33. The molecule has 1 saturated heterocycles. The number of likely N-dealkylation sites (N-methyl/N-ethyl adjacent to an activating group) is 1. The molecule has 1 fully saturated rings. The van der Waals surface area contributed by atoms with Crippen molar-refractivity contribution >= 4 is 11.7 Å². The zero-order chi connectivity index (χ0) is 17.6. The first-order valence-electron chi connectivity index (χ1n) is 8.78. The molecule has 0 aliphatic carbocycles. The molecule has 6 heteroatoms. The molecular formula is C19H25N5O. The van der Waals surface area contributed by atoms with Crippen LogP contribution in [-0.4, -0.2) is 65.7 Å². The van der Waals surface area contributed by atoms with E-state index < -0.39 is 0 Å². The van der Waals surface area contributed by atoms with E-state index in [-0.39, 0.29) is 5.91 Å². The molecule has 0 atom stereocenters. The molecule has 1 aliphatic rings. The molecule has 1 aromatic heterocycles. The fourth-order valence-electron chi connectivity index (χ4n) is 3.01. The summed E-state index contributed by atoms with van der Waals surface area (Å²) in [5.41, 5.74) is 1.63. The largest absolute Gasteiger partial charge is 0.354 e. The maximum atomic E-state index is 12.6. The number of rotatable bonds is 5. The summed E-state index contributed by atoms with van der Waals surface area (Å²) in [6.07, 6.45) is 0. The lowest BCUT2D eigenvalue weighted by atomic mass is 10.2. The van der Waals surface area contributed by atoms with E-state index in [9.17, 15) is 4.79 Å². The van der Waals surface area contributed by atoms with Gasteiger partial charge >= 0.3 is 0 Å². The molecule has 1 aliphatic heterocycles. The number of amides is 1. The number of piperazine rings is 1. The normalized spacial score (nSPS) is 15.2. The van der Waals surface area contributed by atoms with Gasteiger partial charge < -0.3 is 14.7 Å². The van der Waals surface area contributed by atoms with Crippen molar-refractivity contribution in [1.82, 2.24) is 20.0 Å². The second kappa shape index (κ2) is 8.07. The van der Waals surface area contributed by atoms with Crippen LogP contribution in [0.4, 0.5) is 5.82 Å². The smallest absolute Gasteiger partial charge is 0.274 e. The predicted octanol–water partition coefficient (Wildman–Crippen LogP) is 1.89. The van der Waals surface area contributed by atoms with Crippen molar-refractivity contribution in [2.45, 2.75) is 13.5 Å². The molecule has 0 bridgehead atoms. The Labute approximate surface area is 149 Å². The molecule has 0 saturated carbocycles. The van der Waals surface area contributed by atoms with Crippen molar-refractivity contribution in [3.63, 3.8) is 0 Å². The number of carbonyl (C=O) groups is 1. The van der Waals surface area contributed by atoms with Gasteiger partial charge in [0.25, 0.3) is 5.91 Å². The van der Waals surface area contributed by atoms with Crippen LogP contribution in [0.25, 0.3) is 0 Å². The number of aromatic nitrogens is 2. The van der Waals surface area contributed by atoms with Gasteiger partial charge in [-0.1, -0.05) is 37.3 Å². The number of hydrogen-bond acceptors (Lipinski definition) is 5. The van der Waals surface area contributed by atoms with E-state index in [0.717, 1.165) is 45.1 Å². The summed E-state index contributed by atoms with van der Waals surface area (Å²) in [4.78, 5) is 18.8. The lowest BCUT2D eigenvalue weighted by molar-refractivity contribution is 0.0636. The predicted molar refractivity (Wildman–Crippen MR) is 98.6 cm³/mol. The van der Waals surface area contributed by atoms with Gasteiger partial charge in [-0.3, -0.25) is 4.79 Å². The summed E-state index contributed by atoms with van der Waals surface area (Å²) in [5.74, 6) is 0.733. The summed E-state index contributed by atoms with van der Waals surface area (Å²) in [6, 6.07) is 13.9. The molecular weight excluding hydrogens is 314 g/mol. The highest BCUT2D eigenvalue weighted by atomic mass is 16.2. The van der Waals surface area contributed by atoms with Crippen LogP contribution in [0, 0.1) is 0 Å². The molecule has 0 radical (unpaired) electrons. The van der Waals surface area contributed by atoms with Gasteiger partial charge in [-0.25, -0.2) is 0 Å². The van der Waals surface area contributed by atoms with Crippen LogP contribution in [0.5, 0.6) is 0 Å². The summed E-state index contributed by atoms with van der Waals surface area (Å²) in [7, 11) is 1.97. The zero-order valence-corrected chi connectivity index (χ0v) is 14.9. The summed E-state index contributed by atoms with van der Waals surface area (Å²) < 4.78 is 0. The summed E-state index contributed by atoms with van der Waals surface area (Å²) >= 11 is 0. The minimum absolute atomic E-state index is 0.0273. The highest BCUT2D eigenvalue weighted by molar-refractivity contribution is 5.92. The maximum absolute atomic E-state index is 12.6. The van der Waals surface area contributed by atoms with Gasteiger partial charge in [0.15, 0.2) is 11.5 Å². The second-order valence-electron chi connectivity index (χ2n) is 6.34. The van der Waals surface area contributed by atoms with Crippen LogP contribution in [0.2, 0.25) is 0 Å². The van der Waals surface area contributed by atoms with Crippen molar-refractivity contribution in [2.75, 3.05) is 44.7 Å². The van der Waals surface area contributed by atoms with E-state index in [4.69, 9.17) is 0 Å². The summed E-state index contributed by atoms with van der Waals surface area (Å²) in [6.45, 7) is 7.29. The average Bonchev–Trinajstić information content (AvgIpc) is 2.68. The fraction of sp³-hybridized carbons (Fsp3) is 0.421. The molecule has 3 rings (SSSR count). The lowest BCUT2D eigenvalue weighted by Gasteiger charge is -2.33. The Morgan fingerprint density at radius 2 is 1.76 bits per heavy atom. The van der Waals surface area contributed by atoms with E-state index in [1.807, 2.05) is 41.1 Å². The first kappa shape index (κ1) is 17.4. The number of nitrogens with zero attached hydrogens (tertiary/aromatic N) is 5. The number of benzene rings is 1. The minimum atomic E-state index is -0.0273. The van der Waals surface area contributed by atoms with Crippen LogP contribution >= 0.6 is 0 Å². The van der Waals surface area contributed by atoms with Crippen molar-refractivity contribution < 1.29 is 4.79 Å². The van der Waals surface area contributed by atoms with Crippen molar-refractivity contribution in [3.05, 3.63) is 53.7 Å². The Bertz CT molecular complexity index is 681. The molecule has 1 amide bonds. The molecule has 2 heterocycles. The molecule has 1 aromatic carbocycles. The quantitative estimate of drug-likeness (QED) is 0.833. The van der Waals surface area contributed by atoms with Crippen LogP contribution in [0.15, 0.2) is 42.5 Å². The minimum Gasteiger partial charge on any atom is -0.354 e. The van der Waals surface area contributed by atoms with E-state index in [1.165, 1.54) is 5.56 Å². The third-order valence-electron chi connectivity index (χ3n) is 4.63. The van der Waals surface area contributed by atoms with Gasteiger partial charge in [0.05, 0.1) is 0 Å². The van der Waals surface area contributed by atoms with Crippen LogP contribution < -0.4 is 4.90 Å². The molecule has 0 spiro atoms. The topological polar surface area (TPSA) is 52.6 Å². The molecule has 0 unspecified atom stereocenters. The highest BCUT2D eigenvalue weighted by Gasteiger charge is 2.22. The number of anilines is 1. The molecule has 132 valence electrons. The average molecular weight is 339 g/mol. The van der Waals surface area contributed by atoms with Gasteiger partial charge in [-0.05, 0) is 24.2 Å². The lowest BCUT2D eigenvalue weighted by Crippen LogP contribution is -2.48. The molecule has 6 nitrogen and oxygen atoms in total. The third-order valence-corrected chi connectivity index (χ3v) is 4.63. The number of hydrogen-bond donors (Lipinski definition) is 0.